The second-order valence-electron chi connectivity index (χ2n) is 2.80. The molecule has 0 N–H and O–H groups in total. The third kappa shape index (κ3) is 3.00. The van der Waals surface area contributed by atoms with Gasteiger partial charge in [0.05, 0.1) is 14.2 Å². The van der Waals surface area contributed by atoms with Crippen molar-refractivity contribution in [1.29, 1.82) is 0 Å². The average Bonchev–Trinajstić information content (AvgIpc) is 2.37. The van der Waals surface area contributed by atoms with Crippen molar-refractivity contribution in [1.82, 2.24) is 0 Å². The van der Waals surface area contributed by atoms with Crippen LogP contribution in [0, 0.1) is 0 Å². The van der Waals surface area contributed by atoms with Crippen LogP contribution >= 0.6 is 10.7 Å². The van der Waals surface area contributed by atoms with Gasteiger partial charge >= 0.3 is 0 Å². The van der Waals surface area contributed by atoms with E-state index in [0.29, 0.717) is 11.5 Å². The summed E-state index contributed by atoms with van der Waals surface area (Å²) in [7, 11) is 4.53. The fraction of sp³-hybridized carbons (Fsp3) is 0.333. The maximum atomic E-state index is 11.1. The fourth-order valence-corrected chi connectivity index (χ4v) is 2.01. The number of hydrogen-bond acceptors (Lipinski definition) is 4. The summed E-state index contributed by atoms with van der Waals surface area (Å²) in [5, 5.41) is -0.864. The monoisotopic (exact) mass is 250 g/mol. The first-order chi connectivity index (χ1) is 6.99. The van der Waals surface area contributed by atoms with Gasteiger partial charge in [-0.1, -0.05) is 12.2 Å². The van der Waals surface area contributed by atoms with Gasteiger partial charge in [-0.3, -0.25) is 0 Å². The van der Waals surface area contributed by atoms with Gasteiger partial charge in [0, 0.05) is 10.7 Å². The van der Waals surface area contributed by atoms with E-state index < -0.39 is 14.3 Å². The number of allylic oxidation sites excluding steroid dienone is 2. The number of methoxy groups -OCH3 is 2. The Balaban J connectivity index is 3.07. The minimum Gasteiger partial charge on any atom is -0.493 e. The third-order valence-electron chi connectivity index (χ3n) is 1.88. The van der Waals surface area contributed by atoms with Crippen LogP contribution in [0.1, 0.15) is 0 Å². The van der Waals surface area contributed by atoms with E-state index in [4.69, 9.17) is 20.2 Å². The Kier molecular flexibility index (Phi) is 3.82. The highest BCUT2D eigenvalue weighted by Gasteiger charge is 2.19. The van der Waals surface area contributed by atoms with Crippen molar-refractivity contribution in [2.45, 2.75) is 5.25 Å². The lowest BCUT2D eigenvalue weighted by Crippen LogP contribution is -2.09. The zero-order chi connectivity index (χ0) is 11.5. The minimum atomic E-state index is -3.65. The van der Waals surface area contributed by atoms with Gasteiger partial charge in [-0.25, -0.2) is 8.42 Å². The van der Waals surface area contributed by atoms with Crippen LogP contribution in [0.15, 0.2) is 35.8 Å². The van der Waals surface area contributed by atoms with E-state index in [1.807, 2.05) is 0 Å². The maximum Gasteiger partial charge on any atom is 0.242 e. The smallest absolute Gasteiger partial charge is 0.242 e. The van der Waals surface area contributed by atoms with Crippen LogP contribution in [0.3, 0.4) is 0 Å². The highest BCUT2D eigenvalue weighted by atomic mass is 35.7. The predicted molar refractivity (Wildman–Crippen MR) is 57.9 cm³/mol. The standard InChI is InChI=1S/C9H11ClO4S/c1-13-8-5-3-7(15(10,11)12)4-6-9(8)14-2/h3-7H,1-2H3. The maximum absolute atomic E-state index is 11.1. The van der Waals surface area contributed by atoms with Crippen molar-refractivity contribution >= 4 is 19.7 Å². The summed E-state index contributed by atoms with van der Waals surface area (Å²) in [4.78, 5) is 0. The predicted octanol–water partition coefficient (Wildman–Crippen LogP) is 1.55. The summed E-state index contributed by atoms with van der Waals surface area (Å²) in [6, 6.07) is 0. The number of ether oxygens (including phenoxy) is 2. The molecule has 1 rings (SSSR count). The van der Waals surface area contributed by atoms with Gasteiger partial charge in [-0.05, 0) is 12.2 Å². The Hall–Kier alpha value is -0.940. The first-order valence-electron chi connectivity index (χ1n) is 4.11. The van der Waals surface area contributed by atoms with Crippen molar-refractivity contribution in [2.24, 2.45) is 0 Å². The van der Waals surface area contributed by atoms with E-state index in [0.717, 1.165) is 0 Å². The van der Waals surface area contributed by atoms with Crippen molar-refractivity contribution in [3.05, 3.63) is 35.8 Å². The zero-order valence-corrected chi connectivity index (χ0v) is 9.88. The summed E-state index contributed by atoms with van der Waals surface area (Å²) < 4.78 is 32.2. The molecule has 0 aromatic rings. The molecule has 1 aliphatic rings. The summed E-state index contributed by atoms with van der Waals surface area (Å²) >= 11 is 0. The lowest BCUT2D eigenvalue weighted by Gasteiger charge is -2.04. The molecule has 0 spiro atoms. The molecule has 0 aromatic carbocycles. The normalized spacial score (nSPS) is 17.8. The molecule has 84 valence electrons. The molecule has 0 saturated carbocycles. The molecule has 0 radical (unpaired) electrons. The molecule has 0 bridgehead atoms. The summed E-state index contributed by atoms with van der Waals surface area (Å²) in [5.74, 6) is 0.910. The van der Waals surface area contributed by atoms with Crippen LogP contribution in [-0.2, 0) is 18.5 Å². The molecule has 1 aliphatic carbocycles. The molecule has 0 heterocycles. The van der Waals surface area contributed by atoms with E-state index in [9.17, 15) is 8.42 Å². The third-order valence-corrected chi connectivity index (χ3v) is 3.46. The van der Waals surface area contributed by atoms with Crippen LogP contribution in [-0.4, -0.2) is 27.9 Å². The van der Waals surface area contributed by atoms with Gasteiger partial charge in [0.2, 0.25) is 9.05 Å². The summed E-state index contributed by atoms with van der Waals surface area (Å²) in [6.45, 7) is 0. The number of halogens is 1. The Bertz CT molecular complexity index is 395. The lowest BCUT2D eigenvalue weighted by atomic mass is 10.4. The zero-order valence-electron chi connectivity index (χ0n) is 8.31. The Labute approximate surface area is 93.2 Å². The average molecular weight is 251 g/mol. The molecule has 0 saturated heterocycles. The number of rotatable bonds is 3. The first kappa shape index (κ1) is 12.1. The van der Waals surface area contributed by atoms with Gasteiger partial charge < -0.3 is 9.47 Å². The summed E-state index contributed by atoms with van der Waals surface area (Å²) in [5.41, 5.74) is 0. The van der Waals surface area contributed by atoms with Crippen molar-refractivity contribution in [3.8, 4) is 0 Å². The van der Waals surface area contributed by atoms with Crippen LogP contribution in [0.5, 0.6) is 0 Å². The molecule has 0 fully saturated rings. The Morgan fingerprint density at radius 2 is 1.53 bits per heavy atom. The van der Waals surface area contributed by atoms with Gasteiger partial charge in [0.25, 0.3) is 0 Å². The Morgan fingerprint density at radius 1 is 1.13 bits per heavy atom. The second-order valence-corrected chi connectivity index (χ2v) is 5.58. The molecule has 0 amide bonds. The van der Waals surface area contributed by atoms with Gasteiger partial charge in [-0.15, -0.1) is 0 Å². The van der Waals surface area contributed by atoms with Crippen LogP contribution in [0.25, 0.3) is 0 Å². The lowest BCUT2D eigenvalue weighted by molar-refractivity contribution is 0.242. The van der Waals surface area contributed by atoms with Gasteiger partial charge in [-0.2, -0.15) is 0 Å². The quantitative estimate of drug-likeness (QED) is 0.714. The largest absolute Gasteiger partial charge is 0.493 e. The van der Waals surface area contributed by atoms with E-state index in [-0.39, 0.29) is 0 Å². The van der Waals surface area contributed by atoms with Gasteiger partial charge in [0.1, 0.15) is 5.25 Å². The number of hydrogen-bond donors (Lipinski definition) is 0. The highest BCUT2D eigenvalue weighted by Crippen LogP contribution is 2.19. The van der Waals surface area contributed by atoms with E-state index in [2.05, 4.69) is 0 Å². The SMILES string of the molecule is COC1=C(OC)C=CC(S(=O)(=O)Cl)C=C1. The molecule has 15 heavy (non-hydrogen) atoms. The van der Waals surface area contributed by atoms with Crippen molar-refractivity contribution < 1.29 is 17.9 Å². The van der Waals surface area contributed by atoms with E-state index in [1.165, 1.54) is 38.5 Å². The molecule has 0 aromatic heterocycles. The topological polar surface area (TPSA) is 52.6 Å². The van der Waals surface area contributed by atoms with Crippen molar-refractivity contribution in [2.75, 3.05) is 14.2 Å². The van der Waals surface area contributed by atoms with Crippen LogP contribution in [0.4, 0.5) is 0 Å². The molecule has 0 aliphatic heterocycles. The highest BCUT2D eigenvalue weighted by molar-refractivity contribution is 8.14. The fourth-order valence-electron chi connectivity index (χ4n) is 1.12. The molecule has 0 atom stereocenters. The van der Waals surface area contributed by atoms with E-state index in [1.54, 1.807) is 0 Å². The molecular formula is C9H11ClO4S. The Morgan fingerprint density at radius 3 is 1.80 bits per heavy atom. The molecule has 0 unspecified atom stereocenters. The van der Waals surface area contributed by atoms with Crippen LogP contribution < -0.4 is 0 Å². The first-order valence-corrected chi connectivity index (χ1v) is 6.48. The minimum absolute atomic E-state index is 0.455. The molecular weight excluding hydrogens is 240 g/mol. The second kappa shape index (κ2) is 4.72. The van der Waals surface area contributed by atoms with E-state index >= 15 is 0 Å². The summed E-state index contributed by atoms with van der Waals surface area (Å²) in [6.07, 6.45) is 5.90. The van der Waals surface area contributed by atoms with Crippen LogP contribution in [0.2, 0.25) is 0 Å². The molecule has 6 heteroatoms. The molecule has 4 nitrogen and oxygen atoms in total. The van der Waals surface area contributed by atoms with Crippen molar-refractivity contribution in [3.63, 3.8) is 0 Å². The van der Waals surface area contributed by atoms with Gasteiger partial charge in [0.15, 0.2) is 11.5 Å².